The lowest BCUT2D eigenvalue weighted by Crippen LogP contribution is -2.09. The minimum atomic E-state index is 0.683. The van der Waals surface area contributed by atoms with Gasteiger partial charge in [0.25, 0.3) is 0 Å². The molecule has 0 fully saturated rings. The van der Waals surface area contributed by atoms with Crippen LogP contribution in [0.2, 0.25) is 0 Å². The van der Waals surface area contributed by atoms with Gasteiger partial charge in [0.15, 0.2) is 0 Å². The first-order valence-corrected chi connectivity index (χ1v) is 14.5. The summed E-state index contributed by atoms with van der Waals surface area (Å²) in [7, 11) is 0. The van der Waals surface area contributed by atoms with Crippen molar-refractivity contribution in [2.75, 3.05) is 4.90 Å². The van der Waals surface area contributed by atoms with Gasteiger partial charge < -0.3 is 4.90 Å². The van der Waals surface area contributed by atoms with Crippen molar-refractivity contribution in [3.63, 3.8) is 0 Å². The highest BCUT2D eigenvalue weighted by Crippen LogP contribution is 2.39. The average molecular weight is 566 g/mol. The van der Waals surface area contributed by atoms with Crippen molar-refractivity contribution in [3.05, 3.63) is 115 Å². The fraction of sp³-hybridized carbons (Fsp3) is 0. The van der Waals surface area contributed by atoms with Gasteiger partial charge in [-0.15, -0.1) is 0 Å². The molecule has 0 aliphatic carbocycles. The predicted molar refractivity (Wildman–Crippen MR) is 167 cm³/mol. The number of benzene rings is 5. The van der Waals surface area contributed by atoms with Crippen LogP contribution in [0.3, 0.4) is 0 Å². The van der Waals surface area contributed by atoms with Gasteiger partial charge in [-0.3, -0.25) is 0 Å². The van der Waals surface area contributed by atoms with E-state index >= 15 is 0 Å². The number of nitrogens with zero attached hydrogens (tertiary/aromatic N) is 7. The second-order valence-electron chi connectivity index (χ2n) is 9.46. The van der Waals surface area contributed by atoms with E-state index in [1.807, 2.05) is 30.3 Å². The zero-order chi connectivity index (χ0) is 27.2. The Morgan fingerprint density at radius 1 is 0.366 bits per heavy atom. The summed E-state index contributed by atoms with van der Waals surface area (Å²) < 4.78 is 18.1. The highest BCUT2D eigenvalue weighted by atomic mass is 32.1. The van der Waals surface area contributed by atoms with E-state index in [1.54, 1.807) is 0 Å². The smallest absolute Gasteiger partial charge is 0.136 e. The summed E-state index contributed by atoms with van der Waals surface area (Å²) in [6.07, 6.45) is 0. The van der Waals surface area contributed by atoms with Crippen LogP contribution in [-0.4, -0.2) is 27.5 Å². The van der Waals surface area contributed by atoms with Crippen LogP contribution < -0.4 is 4.90 Å². The third kappa shape index (κ3) is 4.02. The van der Waals surface area contributed by atoms with Crippen LogP contribution in [0.15, 0.2) is 115 Å². The molecule has 3 aromatic heterocycles. The second-order valence-corrected chi connectivity index (χ2v) is 10.5. The summed E-state index contributed by atoms with van der Waals surface area (Å²) in [6.45, 7) is 0. The molecule has 194 valence electrons. The predicted octanol–water partition coefficient (Wildman–Crippen LogP) is 8.44. The van der Waals surface area contributed by atoms with E-state index in [0.29, 0.717) is 22.1 Å². The van der Waals surface area contributed by atoms with Gasteiger partial charge in [0.1, 0.15) is 33.1 Å². The number of para-hydroxylation sites is 2. The van der Waals surface area contributed by atoms with Crippen LogP contribution in [0.5, 0.6) is 0 Å². The SMILES string of the molecule is c1ccc(-c2nc3c4nsnc4c4nsnc4c3nc2-c2ccc(N(c3ccccc3)c3ccccc3)cc2)cc1. The first-order chi connectivity index (χ1) is 20.3. The van der Waals surface area contributed by atoms with Crippen molar-refractivity contribution in [2.24, 2.45) is 0 Å². The lowest BCUT2D eigenvalue weighted by molar-refractivity contribution is 1.27. The molecule has 8 aromatic rings. The zero-order valence-corrected chi connectivity index (χ0v) is 23.0. The monoisotopic (exact) mass is 565 g/mol. The van der Waals surface area contributed by atoms with Gasteiger partial charge in [-0.1, -0.05) is 78.9 Å². The third-order valence-corrected chi connectivity index (χ3v) is 8.08. The Morgan fingerprint density at radius 3 is 1.20 bits per heavy atom. The summed E-state index contributed by atoms with van der Waals surface area (Å²) in [4.78, 5) is 12.6. The Bertz CT molecular complexity index is 2100. The van der Waals surface area contributed by atoms with Crippen LogP contribution in [0.25, 0.3) is 55.6 Å². The lowest BCUT2D eigenvalue weighted by Gasteiger charge is -2.25. The fourth-order valence-electron chi connectivity index (χ4n) is 5.13. The largest absolute Gasteiger partial charge is 0.311 e. The van der Waals surface area contributed by atoms with Crippen molar-refractivity contribution < 1.29 is 0 Å². The minimum Gasteiger partial charge on any atom is -0.311 e. The normalized spacial score (nSPS) is 11.4. The molecule has 41 heavy (non-hydrogen) atoms. The Morgan fingerprint density at radius 2 is 0.732 bits per heavy atom. The Hall–Kier alpha value is -5.12. The highest BCUT2D eigenvalue weighted by molar-refractivity contribution is 7.01. The van der Waals surface area contributed by atoms with Crippen molar-refractivity contribution in [3.8, 4) is 22.5 Å². The van der Waals surface area contributed by atoms with Gasteiger partial charge in [0, 0.05) is 28.2 Å². The van der Waals surface area contributed by atoms with Gasteiger partial charge in [-0.2, -0.15) is 17.5 Å². The molecule has 8 rings (SSSR count). The molecule has 9 heteroatoms. The molecule has 0 amide bonds. The molecule has 0 saturated carbocycles. The quantitative estimate of drug-likeness (QED) is 0.207. The summed E-state index contributed by atoms with van der Waals surface area (Å²) in [5, 5.41) is 0. The van der Waals surface area contributed by atoms with E-state index in [0.717, 1.165) is 74.1 Å². The third-order valence-electron chi connectivity index (χ3n) is 7.02. The molecule has 0 aliphatic rings. The number of hydrogen-bond donors (Lipinski definition) is 0. The highest BCUT2D eigenvalue weighted by Gasteiger charge is 2.22. The molecule has 0 N–H and O–H groups in total. The molecule has 0 aliphatic heterocycles. The average Bonchev–Trinajstić information content (AvgIpc) is 3.73. The molecule has 0 unspecified atom stereocenters. The summed E-state index contributed by atoms with van der Waals surface area (Å²) >= 11 is 2.31. The molecule has 0 atom stereocenters. The Kier molecular flexibility index (Phi) is 5.68. The summed E-state index contributed by atoms with van der Waals surface area (Å²) in [5.41, 5.74) is 10.9. The van der Waals surface area contributed by atoms with Crippen molar-refractivity contribution in [1.29, 1.82) is 0 Å². The first-order valence-electron chi connectivity index (χ1n) is 13.0. The van der Waals surface area contributed by atoms with Crippen LogP contribution in [0, 0.1) is 0 Å². The maximum absolute atomic E-state index is 5.21. The maximum atomic E-state index is 5.21. The van der Waals surface area contributed by atoms with Crippen molar-refractivity contribution >= 4 is 73.6 Å². The Balaban J connectivity index is 1.34. The van der Waals surface area contributed by atoms with Crippen LogP contribution >= 0.6 is 23.5 Å². The van der Waals surface area contributed by atoms with E-state index in [2.05, 4.69) is 107 Å². The topological polar surface area (TPSA) is 80.6 Å². The van der Waals surface area contributed by atoms with E-state index in [9.17, 15) is 0 Å². The number of anilines is 3. The summed E-state index contributed by atoms with van der Waals surface area (Å²) in [5.74, 6) is 0. The second kappa shape index (κ2) is 9.81. The molecule has 5 aromatic carbocycles. The molecule has 0 bridgehead atoms. The molecule has 0 radical (unpaired) electrons. The van der Waals surface area contributed by atoms with Crippen LogP contribution in [-0.2, 0) is 0 Å². The number of fused-ring (bicyclic) bond motifs is 6. The van der Waals surface area contributed by atoms with Gasteiger partial charge in [0.2, 0.25) is 0 Å². The van der Waals surface area contributed by atoms with Gasteiger partial charge in [0.05, 0.1) is 34.8 Å². The standard InChI is InChI=1S/C32H19N7S2/c1-4-10-20(11-5-1)25-26(34-28-27(33-25)29-31(37-40-35-29)32-30(28)36-41-38-32)21-16-18-24(19-17-21)39(22-12-6-2-7-13-22)23-14-8-3-9-15-23/h1-19H. The van der Waals surface area contributed by atoms with Crippen LogP contribution in [0.1, 0.15) is 0 Å². The minimum absolute atomic E-state index is 0.683. The zero-order valence-electron chi connectivity index (χ0n) is 21.4. The Labute approximate surface area is 243 Å². The molecule has 7 nitrogen and oxygen atoms in total. The van der Waals surface area contributed by atoms with Gasteiger partial charge in [-0.05, 0) is 36.4 Å². The number of aromatic nitrogens is 6. The fourth-order valence-corrected chi connectivity index (χ4v) is 6.23. The van der Waals surface area contributed by atoms with Crippen molar-refractivity contribution in [1.82, 2.24) is 27.5 Å². The molecular formula is C32H19N7S2. The number of hydrogen-bond acceptors (Lipinski definition) is 9. The molecule has 3 heterocycles. The van der Waals surface area contributed by atoms with Crippen molar-refractivity contribution in [2.45, 2.75) is 0 Å². The van der Waals surface area contributed by atoms with Gasteiger partial charge in [-0.25, -0.2) is 9.97 Å². The van der Waals surface area contributed by atoms with E-state index in [-0.39, 0.29) is 0 Å². The van der Waals surface area contributed by atoms with Gasteiger partial charge >= 0.3 is 0 Å². The van der Waals surface area contributed by atoms with E-state index in [4.69, 9.17) is 9.97 Å². The van der Waals surface area contributed by atoms with E-state index < -0.39 is 0 Å². The summed E-state index contributed by atoms with van der Waals surface area (Å²) in [6, 6.07) is 39.4. The van der Waals surface area contributed by atoms with E-state index in [1.165, 1.54) is 0 Å². The molecule has 0 saturated heterocycles. The molecule has 0 spiro atoms. The molecular weight excluding hydrogens is 547 g/mol. The van der Waals surface area contributed by atoms with Crippen LogP contribution in [0.4, 0.5) is 17.1 Å². The number of rotatable bonds is 5. The lowest BCUT2D eigenvalue weighted by atomic mass is 10.0. The maximum Gasteiger partial charge on any atom is 0.136 e. The first kappa shape index (κ1) is 23.7.